The number of hydrogen-bond acceptors (Lipinski definition) is 6. The summed E-state index contributed by atoms with van der Waals surface area (Å²) in [6, 6.07) is 26.9. The first-order valence-corrected chi connectivity index (χ1v) is 13.4. The number of aryl methyl sites for hydroxylation is 1. The summed E-state index contributed by atoms with van der Waals surface area (Å²) in [5.74, 6) is -1.73. The first kappa shape index (κ1) is 29.2. The number of phenolic OH excluding ortho intramolecular Hbond substituents is 3. The summed E-state index contributed by atoms with van der Waals surface area (Å²) in [5, 5.41) is 42.9. The lowest BCUT2D eigenvalue weighted by atomic mass is 9.86. The van der Waals surface area contributed by atoms with Crippen molar-refractivity contribution < 1.29 is 30.0 Å². The molecule has 6 heteroatoms. The number of benzene rings is 4. The monoisotopic (exact) mass is 550 g/mol. The van der Waals surface area contributed by atoms with E-state index in [0.717, 1.165) is 17.5 Å². The highest BCUT2D eigenvalue weighted by atomic mass is 16.5. The van der Waals surface area contributed by atoms with Crippen molar-refractivity contribution in [1.29, 1.82) is 0 Å². The Morgan fingerprint density at radius 3 is 2.22 bits per heavy atom. The van der Waals surface area contributed by atoms with Gasteiger partial charge in [0.05, 0.1) is 13.2 Å². The molecule has 6 nitrogen and oxygen atoms in total. The Morgan fingerprint density at radius 1 is 0.902 bits per heavy atom. The van der Waals surface area contributed by atoms with Crippen LogP contribution in [0.25, 0.3) is 6.08 Å². The number of aromatic hydroxyl groups is 3. The van der Waals surface area contributed by atoms with Crippen LogP contribution in [-0.4, -0.2) is 39.4 Å². The second kappa shape index (κ2) is 14.0. The van der Waals surface area contributed by atoms with Crippen molar-refractivity contribution in [2.24, 2.45) is 0 Å². The number of methoxy groups -OCH3 is 1. The van der Waals surface area contributed by atoms with Gasteiger partial charge in [0, 0.05) is 17.5 Å². The zero-order valence-electron chi connectivity index (χ0n) is 22.9. The van der Waals surface area contributed by atoms with Gasteiger partial charge in [-0.25, -0.2) is 0 Å². The van der Waals surface area contributed by atoms with E-state index in [2.05, 4.69) is 0 Å². The van der Waals surface area contributed by atoms with Crippen molar-refractivity contribution in [1.82, 2.24) is 0 Å². The van der Waals surface area contributed by atoms with Gasteiger partial charge in [0.15, 0.2) is 5.78 Å². The zero-order chi connectivity index (χ0) is 29.2. The minimum Gasteiger partial charge on any atom is -0.508 e. The van der Waals surface area contributed by atoms with E-state index in [9.17, 15) is 25.2 Å². The summed E-state index contributed by atoms with van der Waals surface area (Å²) in [6.45, 7) is 0. The zero-order valence-corrected chi connectivity index (χ0v) is 22.9. The summed E-state index contributed by atoms with van der Waals surface area (Å²) in [4.78, 5) is 13.3. The average molecular weight is 551 g/mol. The van der Waals surface area contributed by atoms with Crippen molar-refractivity contribution in [2.75, 3.05) is 7.11 Å². The minimum atomic E-state index is -0.688. The van der Waals surface area contributed by atoms with Gasteiger partial charge in [-0.2, -0.15) is 0 Å². The van der Waals surface area contributed by atoms with Gasteiger partial charge in [0.1, 0.15) is 28.6 Å². The number of aliphatic hydroxyl groups is 1. The molecule has 4 rings (SSSR count). The molecule has 4 aromatic carbocycles. The minimum absolute atomic E-state index is 0.0382. The fourth-order valence-electron chi connectivity index (χ4n) is 4.70. The molecule has 0 aliphatic carbocycles. The lowest BCUT2D eigenvalue weighted by molar-refractivity contribution is 0.104. The molecule has 0 aliphatic rings. The molecule has 41 heavy (non-hydrogen) atoms. The van der Waals surface area contributed by atoms with Crippen molar-refractivity contribution >= 4 is 11.9 Å². The van der Waals surface area contributed by atoms with Gasteiger partial charge in [-0.3, -0.25) is 4.79 Å². The number of ketones is 1. The van der Waals surface area contributed by atoms with Crippen LogP contribution in [0.5, 0.6) is 23.0 Å². The van der Waals surface area contributed by atoms with Gasteiger partial charge in [0.25, 0.3) is 0 Å². The average Bonchev–Trinajstić information content (AvgIpc) is 2.99. The largest absolute Gasteiger partial charge is 0.508 e. The quantitative estimate of drug-likeness (QED) is 0.0880. The highest BCUT2D eigenvalue weighted by Crippen LogP contribution is 2.45. The van der Waals surface area contributed by atoms with Crippen LogP contribution < -0.4 is 4.74 Å². The third-order valence-corrected chi connectivity index (χ3v) is 6.88. The van der Waals surface area contributed by atoms with E-state index in [4.69, 9.17) is 4.74 Å². The molecule has 0 unspecified atom stereocenters. The van der Waals surface area contributed by atoms with E-state index in [0.29, 0.717) is 18.4 Å². The van der Waals surface area contributed by atoms with Gasteiger partial charge < -0.3 is 25.2 Å². The fraction of sp³-hybridized carbons (Fsp3) is 0.171. The number of rotatable bonds is 12. The predicted octanol–water partition coefficient (Wildman–Crippen LogP) is 6.78. The van der Waals surface area contributed by atoms with E-state index in [1.54, 1.807) is 30.4 Å². The second-order valence-corrected chi connectivity index (χ2v) is 9.75. The van der Waals surface area contributed by atoms with E-state index >= 15 is 0 Å². The second-order valence-electron chi connectivity index (χ2n) is 9.75. The normalized spacial score (nSPS) is 12.9. The number of carbonyl (C=O) groups is 1. The standard InChI is InChI=1S/C35H34O6/c1-41-32-23-31(39)33(35(40)34(32)30(38)22-16-25-11-6-3-7-12-25)29(26-17-20-28(37)21-18-26)14-8-13-27(36)19-15-24-9-4-2-5-10-24/h2-12,14,16-18,20-23,27,29,36-37,39-40H,13,15,19H2,1H3/b14-8+,22-16-/t27-,29-/m1/s1. The Hall–Kier alpha value is -4.81. The summed E-state index contributed by atoms with van der Waals surface area (Å²) in [6.07, 6.45) is 7.63. The van der Waals surface area contributed by atoms with E-state index in [1.165, 1.54) is 31.4 Å². The SMILES string of the molecule is COc1cc(O)c([C@H](/C=C/C[C@@H](O)CCc2ccccc2)c2ccc(O)cc2)c(O)c1C(=O)/C=C\c1ccccc1. The molecule has 0 heterocycles. The molecule has 0 saturated heterocycles. The van der Waals surface area contributed by atoms with Crippen LogP contribution in [0, 0.1) is 0 Å². The molecule has 0 aliphatic heterocycles. The number of aliphatic hydroxyl groups excluding tert-OH is 1. The highest BCUT2D eigenvalue weighted by molar-refractivity contribution is 6.11. The van der Waals surface area contributed by atoms with Crippen LogP contribution >= 0.6 is 0 Å². The van der Waals surface area contributed by atoms with Gasteiger partial charge in [-0.05, 0) is 54.2 Å². The molecule has 0 fully saturated rings. The summed E-state index contributed by atoms with van der Waals surface area (Å²) >= 11 is 0. The molecule has 0 amide bonds. The number of allylic oxidation sites excluding steroid dienone is 2. The maximum Gasteiger partial charge on any atom is 0.193 e. The third-order valence-electron chi connectivity index (χ3n) is 6.88. The van der Waals surface area contributed by atoms with Gasteiger partial charge in [0.2, 0.25) is 0 Å². The van der Waals surface area contributed by atoms with E-state index in [-0.39, 0.29) is 28.4 Å². The van der Waals surface area contributed by atoms with E-state index in [1.807, 2.05) is 60.7 Å². The van der Waals surface area contributed by atoms with Crippen molar-refractivity contribution in [3.8, 4) is 23.0 Å². The smallest absolute Gasteiger partial charge is 0.193 e. The van der Waals surface area contributed by atoms with Crippen molar-refractivity contribution in [3.63, 3.8) is 0 Å². The predicted molar refractivity (Wildman–Crippen MR) is 161 cm³/mol. The van der Waals surface area contributed by atoms with Gasteiger partial charge >= 0.3 is 0 Å². The maximum atomic E-state index is 13.3. The fourth-order valence-corrected chi connectivity index (χ4v) is 4.70. The topological polar surface area (TPSA) is 107 Å². The molecule has 0 radical (unpaired) electrons. The number of ether oxygens (including phenoxy) is 1. The number of carbonyl (C=O) groups excluding carboxylic acids is 1. The lowest BCUT2D eigenvalue weighted by Gasteiger charge is -2.20. The maximum absolute atomic E-state index is 13.3. The Kier molecular flexibility index (Phi) is 9.97. The third kappa shape index (κ3) is 7.65. The first-order chi connectivity index (χ1) is 19.9. The molecular weight excluding hydrogens is 516 g/mol. The van der Waals surface area contributed by atoms with Gasteiger partial charge in [-0.15, -0.1) is 0 Å². The summed E-state index contributed by atoms with van der Waals surface area (Å²) in [5.41, 5.74) is 2.65. The molecule has 210 valence electrons. The Morgan fingerprint density at radius 2 is 1.56 bits per heavy atom. The van der Waals surface area contributed by atoms with E-state index < -0.39 is 23.6 Å². The van der Waals surface area contributed by atoms with Crippen molar-refractivity contribution in [2.45, 2.75) is 31.3 Å². The molecule has 4 aromatic rings. The van der Waals surface area contributed by atoms with Crippen LogP contribution in [-0.2, 0) is 6.42 Å². The molecular formula is C35H34O6. The molecule has 4 N–H and O–H groups in total. The molecule has 0 saturated carbocycles. The Labute approximate surface area is 240 Å². The van der Waals surface area contributed by atoms with Crippen LogP contribution in [0.1, 0.15) is 51.4 Å². The van der Waals surface area contributed by atoms with Crippen LogP contribution in [0.3, 0.4) is 0 Å². The molecule has 0 spiro atoms. The molecule has 0 aromatic heterocycles. The summed E-state index contributed by atoms with van der Waals surface area (Å²) < 4.78 is 5.35. The van der Waals surface area contributed by atoms with Crippen LogP contribution in [0.2, 0.25) is 0 Å². The molecule has 2 atom stereocenters. The van der Waals surface area contributed by atoms with Crippen LogP contribution in [0.4, 0.5) is 0 Å². The highest BCUT2D eigenvalue weighted by Gasteiger charge is 2.27. The van der Waals surface area contributed by atoms with Crippen LogP contribution in [0.15, 0.2) is 109 Å². The number of hydrogen-bond donors (Lipinski definition) is 4. The Balaban J connectivity index is 1.66. The Bertz CT molecular complexity index is 1490. The first-order valence-electron chi connectivity index (χ1n) is 13.4. The van der Waals surface area contributed by atoms with Crippen molar-refractivity contribution in [3.05, 3.63) is 137 Å². The molecule has 0 bridgehead atoms. The summed E-state index contributed by atoms with van der Waals surface area (Å²) in [7, 11) is 1.36. The number of phenols is 3. The lowest BCUT2D eigenvalue weighted by Crippen LogP contribution is -2.08. The van der Waals surface area contributed by atoms with Gasteiger partial charge in [-0.1, -0.05) is 91.0 Å².